The van der Waals surface area contributed by atoms with Gasteiger partial charge in [-0.15, -0.1) is 11.3 Å². The van der Waals surface area contributed by atoms with Crippen molar-refractivity contribution in [3.05, 3.63) is 47.3 Å². The Morgan fingerprint density at radius 3 is 2.59 bits per heavy atom. The van der Waals surface area contributed by atoms with E-state index in [-0.39, 0.29) is 12.6 Å². The average Bonchev–Trinajstić information content (AvgIpc) is 2.90. The number of nitrogens with one attached hydrogen (secondary N) is 1. The molecule has 2 N–H and O–H groups in total. The maximum absolute atomic E-state index is 8.77. The highest BCUT2D eigenvalue weighted by Gasteiger charge is 2.04. The lowest BCUT2D eigenvalue weighted by Crippen LogP contribution is -2.21. The molecule has 90 valence electrons. The van der Waals surface area contributed by atoms with Gasteiger partial charge in [0.2, 0.25) is 0 Å². The van der Waals surface area contributed by atoms with Gasteiger partial charge in [0.15, 0.2) is 0 Å². The number of hydrogen-bond acceptors (Lipinski definition) is 3. The second kappa shape index (κ2) is 5.96. The summed E-state index contributed by atoms with van der Waals surface area (Å²) >= 11 is 1.76. The van der Waals surface area contributed by atoms with E-state index in [0.29, 0.717) is 6.54 Å². The fourth-order valence-electron chi connectivity index (χ4n) is 1.78. The normalized spacial score (nSPS) is 12.6. The predicted molar refractivity (Wildman–Crippen MR) is 73.3 cm³/mol. The lowest BCUT2D eigenvalue weighted by atomic mass is 10.1. The Morgan fingerprint density at radius 1 is 1.24 bits per heavy atom. The summed E-state index contributed by atoms with van der Waals surface area (Å²) in [5, 5.41) is 14.1. The Kier molecular flexibility index (Phi) is 4.31. The van der Waals surface area contributed by atoms with Gasteiger partial charge in [-0.2, -0.15) is 0 Å². The first-order valence-electron chi connectivity index (χ1n) is 5.79. The molecular weight excluding hydrogens is 230 g/mol. The number of thiophene rings is 1. The summed E-state index contributed by atoms with van der Waals surface area (Å²) < 4.78 is 0. The monoisotopic (exact) mass is 247 g/mol. The predicted octanol–water partition coefficient (Wildman–Crippen LogP) is 3.06. The first kappa shape index (κ1) is 12.3. The highest BCUT2D eigenvalue weighted by Crippen LogP contribution is 2.25. The van der Waals surface area contributed by atoms with Crippen molar-refractivity contribution in [3.63, 3.8) is 0 Å². The van der Waals surface area contributed by atoms with Crippen molar-refractivity contribution in [3.8, 4) is 10.4 Å². The van der Waals surface area contributed by atoms with Crippen LogP contribution in [0.1, 0.15) is 18.5 Å². The van der Waals surface area contributed by atoms with Gasteiger partial charge in [0.1, 0.15) is 0 Å². The van der Waals surface area contributed by atoms with Crippen molar-refractivity contribution in [2.45, 2.75) is 13.0 Å². The molecule has 2 nitrogen and oxygen atoms in total. The lowest BCUT2D eigenvalue weighted by molar-refractivity contribution is 0.286. The van der Waals surface area contributed by atoms with E-state index in [1.165, 1.54) is 16.0 Å². The van der Waals surface area contributed by atoms with Gasteiger partial charge < -0.3 is 10.4 Å². The molecule has 0 radical (unpaired) electrons. The van der Waals surface area contributed by atoms with E-state index >= 15 is 0 Å². The van der Waals surface area contributed by atoms with Gasteiger partial charge in [0.25, 0.3) is 0 Å². The van der Waals surface area contributed by atoms with Gasteiger partial charge >= 0.3 is 0 Å². The second-order valence-corrected chi connectivity index (χ2v) is 4.95. The van der Waals surface area contributed by atoms with Crippen LogP contribution in [0.3, 0.4) is 0 Å². The molecule has 0 aliphatic rings. The van der Waals surface area contributed by atoms with Crippen molar-refractivity contribution < 1.29 is 5.11 Å². The van der Waals surface area contributed by atoms with Crippen LogP contribution in [0.15, 0.2) is 41.8 Å². The zero-order valence-corrected chi connectivity index (χ0v) is 10.7. The minimum absolute atomic E-state index is 0.178. The average molecular weight is 247 g/mol. The third-order valence-corrected chi connectivity index (χ3v) is 3.70. The van der Waals surface area contributed by atoms with Crippen LogP contribution in [-0.2, 0) is 0 Å². The van der Waals surface area contributed by atoms with Crippen LogP contribution < -0.4 is 5.32 Å². The summed E-state index contributed by atoms with van der Waals surface area (Å²) in [7, 11) is 0. The Labute approximate surface area is 106 Å². The third-order valence-electron chi connectivity index (χ3n) is 2.78. The maximum atomic E-state index is 8.77. The fourth-order valence-corrected chi connectivity index (χ4v) is 2.51. The van der Waals surface area contributed by atoms with Gasteiger partial charge in [0, 0.05) is 17.5 Å². The number of aliphatic hydroxyl groups is 1. The van der Waals surface area contributed by atoms with Crippen LogP contribution in [0.2, 0.25) is 0 Å². The molecule has 0 bridgehead atoms. The van der Waals surface area contributed by atoms with E-state index in [9.17, 15) is 0 Å². The number of hydrogen-bond donors (Lipinski definition) is 2. The van der Waals surface area contributed by atoms with E-state index < -0.39 is 0 Å². The lowest BCUT2D eigenvalue weighted by Gasteiger charge is -2.13. The largest absolute Gasteiger partial charge is 0.395 e. The van der Waals surface area contributed by atoms with Crippen molar-refractivity contribution >= 4 is 11.3 Å². The van der Waals surface area contributed by atoms with E-state index in [0.717, 1.165) is 0 Å². The molecule has 0 spiro atoms. The molecule has 17 heavy (non-hydrogen) atoms. The van der Waals surface area contributed by atoms with Crippen molar-refractivity contribution in [1.82, 2.24) is 5.32 Å². The van der Waals surface area contributed by atoms with Gasteiger partial charge in [-0.05, 0) is 29.5 Å². The van der Waals surface area contributed by atoms with Crippen LogP contribution in [0.4, 0.5) is 0 Å². The van der Waals surface area contributed by atoms with Crippen molar-refractivity contribution in [2.24, 2.45) is 0 Å². The van der Waals surface area contributed by atoms with Gasteiger partial charge in [-0.25, -0.2) is 0 Å². The third kappa shape index (κ3) is 3.16. The van der Waals surface area contributed by atoms with Crippen molar-refractivity contribution in [1.29, 1.82) is 0 Å². The molecule has 1 atom stereocenters. The van der Waals surface area contributed by atoms with Crippen molar-refractivity contribution in [2.75, 3.05) is 13.2 Å². The zero-order chi connectivity index (χ0) is 12.1. The first-order chi connectivity index (χ1) is 8.31. The van der Waals surface area contributed by atoms with E-state index in [2.05, 4.69) is 54.0 Å². The van der Waals surface area contributed by atoms with Crippen LogP contribution in [-0.4, -0.2) is 18.3 Å². The first-order valence-corrected chi connectivity index (χ1v) is 6.67. The minimum atomic E-state index is 0.178. The van der Waals surface area contributed by atoms with Gasteiger partial charge in [-0.3, -0.25) is 0 Å². The number of benzene rings is 1. The van der Waals surface area contributed by atoms with E-state index in [1.807, 2.05) is 0 Å². The highest BCUT2D eigenvalue weighted by atomic mass is 32.1. The fraction of sp³-hybridized carbons (Fsp3) is 0.286. The molecule has 0 aliphatic carbocycles. The summed E-state index contributed by atoms with van der Waals surface area (Å²) in [4.78, 5) is 1.30. The second-order valence-electron chi connectivity index (χ2n) is 4.00. The molecule has 1 heterocycles. The molecule has 1 aromatic heterocycles. The number of aliphatic hydroxyl groups excluding tert-OH is 1. The molecule has 0 fully saturated rings. The molecule has 0 aliphatic heterocycles. The van der Waals surface area contributed by atoms with E-state index in [4.69, 9.17) is 5.11 Å². The van der Waals surface area contributed by atoms with Crippen LogP contribution in [0.5, 0.6) is 0 Å². The molecule has 0 amide bonds. The quantitative estimate of drug-likeness (QED) is 0.851. The molecule has 1 unspecified atom stereocenters. The minimum Gasteiger partial charge on any atom is -0.395 e. The topological polar surface area (TPSA) is 32.3 Å². The maximum Gasteiger partial charge on any atom is 0.0556 e. The zero-order valence-electron chi connectivity index (χ0n) is 9.89. The standard InChI is InChI=1S/C14H17NOS/c1-11(15-8-9-16)12-4-6-13(7-5-12)14-3-2-10-17-14/h2-7,10-11,15-16H,8-9H2,1H3. The van der Waals surface area contributed by atoms with Crippen LogP contribution in [0.25, 0.3) is 10.4 Å². The Morgan fingerprint density at radius 2 is 2.00 bits per heavy atom. The summed E-state index contributed by atoms with van der Waals surface area (Å²) in [6.45, 7) is 2.92. The van der Waals surface area contributed by atoms with E-state index in [1.54, 1.807) is 11.3 Å². The highest BCUT2D eigenvalue weighted by molar-refractivity contribution is 7.13. The summed E-state index contributed by atoms with van der Waals surface area (Å²) in [5.41, 5.74) is 2.51. The van der Waals surface area contributed by atoms with Crippen LogP contribution >= 0.6 is 11.3 Å². The molecule has 0 saturated carbocycles. The summed E-state index contributed by atoms with van der Waals surface area (Å²) in [6, 6.07) is 13.1. The molecule has 1 aromatic carbocycles. The smallest absolute Gasteiger partial charge is 0.0556 e. The SMILES string of the molecule is CC(NCCO)c1ccc(-c2cccs2)cc1. The number of rotatable bonds is 5. The summed E-state index contributed by atoms with van der Waals surface area (Å²) in [5.74, 6) is 0. The Hall–Kier alpha value is -1.16. The molecular formula is C14H17NOS. The Bertz CT molecular complexity index is 436. The van der Waals surface area contributed by atoms with Gasteiger partial charge in [-0.1, -0.05) is 30.3 Å². The Balaban J connectivity index is 2.08. The molecule has 3 heteroatoms. The molecule has 0 saturated heterocycles. The van der Waals surface area contributed by atoms with Gasteiger partial charge in [0.05, 0.1) is 6.61 Å². The molecule has 2 aromatic rings. The van der Waals surface area contributed by atoms with Crippen LogP contribution in [0, 0.1) is 0 Å². The summed E-state index contributed by atoms with van der Waals surface area (Å²) in [6.07, 6.45) is 0. The molecule has 2 rings (SSSR count).